The highest BCUT2D eigenvalue weighted by Crippen LogP contribution is 2.17. The molecule has 0 heterocycles. The number of carbonyl (C=O) groups is 1. The SMILES string of the molecule is CCCCN(CCBr)C(=O)c1ccc(F)c(Cl)c1. The largest absolute Gasteiger partial charge is 0.338 e. The molecular weight excluding hydrogens is 321 g/mol. The van der Waals surface area contributed by atoms with Crippen LogP contribution < -0.4 is 0 Å². The van der Waals surface area contributed by atoms with Gasteiger partial charge in [-0.15, -0.1) is 0 Å². The molecule has 0 N–H and O–H groups in total. The zero-order valence-corrected chi connectivity index (χ0v) is 12.6. The van der Waals surface area contributed by atoms with Crippen molar-refractivity contribution in [2.24, 2.45) is 0 Å². The average molecular weight is 337 g/mol. The first kappa shape index (κ1) is 15.4. The second kappa shape index (κ2) is 7.74. The lowest BCUT2D eigenvalue weighted by Gasteiger charge is -2.21. The number of halogens is 3. The molecule has 100 valence electrons. The number of unbranched alkanes of at least 4 members (excludes halogenated alkanes) is 1. The van der Waals surface area contributed by atoms with Crippen molar-refractivity contribution in [1.29, 1.82) is 0 Å². The van der Waals surface area contributed by atoms with Crippen molar-refractivity contribution in [2.45, 2.75) is 19.8 Å². The summed E-state index contributed by atoms with van der Waals surface area (Å²) in [5, 5.41) is 0.701. The van der Waals surface area contributed by atoms with Crippen molar-refractivity contribution in [3.63, 3.8) is 0 Å². The minimum absolute atomic E-state index is 0.0184. The molecule has 0 unspecified atom stereocenters. The Kier molecular flexibility index (Phi) is 6.65. The van der Waals surface area contributed by atoms with Gasteiger partial charge >= 0.3 is 0 Å². The third-order valence-corrected chi connectivity index (χ3v) is 3.23. The first-order valence-electron chi connectivity index (χ1n) is 5.90. The van der Waals surface area contributed by atoms with Crippen LogP contribution in [0.2, 0.25) is 5.02 Å². The van der Waals surface area contributed by atoms with Crippen molar-refractivity contribution >= 4 is 33.4 Å². The zero-order chi connectivity index (χ0) is 13.5. The summed E-state index contributed by atoms with van der Waals surface area (Å²) in [5.41, 5.74) is 0.429. The zero-order valence-electron chi connectivity index (χ0n) is 10.3. The van der Waals surface area contributed by atoms with E-state index in [4.69, 9.17) is 11.6 Å². The number of rotatable bonds is 6. The molecule has 0 aliphatic heterocycles. The maximum Gasteiger partial charge on any atom is 0.253 e. The van der Waals surface area contributed by atoms with Gasteiger partial charge in [0, 0.05) is 24.0 Å². The fraction of sp³-hybridized carbons (Fsp3) is 0.462. The third-order valence-electron chi connectivity index (χ3n) is 2.59. The van der Waals surface area contributed by atoms with Crippen molar-refractivity contribution in [2.75, 3.05) is 18.4 Å². The van der Waals surface area contributed by atoms with Crippen LogP contribution in [0.5, 0.6) is 0 Å². The van der Waals surface area contributed by atoms with Crippen LogP contribution in [0.1, 0.15) is 30.1 Å². The quantitative estimate of drug-likeness (QED) is 0.716. The molecule has 0 aromatic heterocycles. The Hall–Kier alpha value is -0.610. The van der Waals surface area contributed by atoms with Crippen LogP contribution in [0.3, 0.4) is 0 Å². The lowest BCUT2D eigenvalue weighted by atomic mass is 10.2. The molecule has 0 aliphatic carbocycles. The number of nitrogens with zero attached hydrogens (tertiary/aromatic N) is 1. The second-order valence-corrected chi connectivity index (χ2v) is 5.16. The summed E-state index contributed by atoms with van der Waals surface area (Å²) < 4.78 is 13.0. The number of benzene rings is 1. The topological polar surface area (TPSA) is 20.3 Å². The van der Waals surface area contributed by atoms with Gasteiger partial charge in [0.1, 0.15) is 5.82 Å². The third kappa shape index (κ3) is 4.25. The van der Waals surface area contributed by atoms with Gasteiger partial charge in [-0.3, -0.25) is 4.79 Å². The predicted octanol–water partition coefficient (Wildman–Crippen LogP) is 4.12. The van der Waals surface area contributed by atoms with Gasteiger partial charge in [-0.25, -0.2) is 4.39 Å². The van der Waals surface area contributed by atoms with Gasteiger partial charge in [0.05, 0.1) is 5.02 Å². The first-order chi connectivity index (χ1) is 8.60. The monoisotopic (exact) mass is 335 g/mol. The van der Waals surface area contributed by atoms with Gasteiger partial charge < -0.3 is 4.90 Å². The van der Waals surface area contributed by atoms with E-state index in [1.165, 1.54) is 18.2 Å². The summed E-state index contributed by atoms with van der Waals surface area (Å²) in [4.78, 5) is 14.0. The van der Waals surface area contributed by atoms with E-state index in [1.807, 2.05) is 0 Å². The van der Waals surface area contributed by atoms with Crippen LogP contribution in [0.15, 0.2) is 18.2 Å². The summed E-state index contributed by atoms with van der Waals surface area (Å²) in [5.74, 6) is -0.612. The van der Waals surface area contributed by atoms with Crippen molar-refractivity contribution in [3.8, 4) is 0 Å². The van der Waals surface area contributed by atoms with E-state index < -0.39 is 5.82 Å². The molecule has 2 nitrogen and oxygen atoms in total. The van der Waals surface area contributed by atoms with Crippen LogP contribution in [-0.4, -0.2) is 29.2 Å². The molecule has 1 rings (SSSR count). The van der Waals surface area contributed by atoms with Gasteiger partial charge in [0.2, 0.25) is 0 Å². The number of carbonyl (C=O) groups excluding carboxylic acids is 1. The van der Waals surface area contributed by atoms with Gasteiger partial charge in [0.25, 0.3) is 5.91 Å². The fourth-order valence-electron chi connectivity index (χ4n) is 1.58. The maximum atomic E-state index is 13.0. The minimum Gasteiger partial charge on any atom is -0.338 e. The highest BCUT2D eigenvalue weighted by molar-refractivity contribution is 9.09. The van der Waals surface area contributed by atoms with E-state index in [1.54, 1.807) is 4.90 Å². The van der Waals surface area contributed by atoms with E-state index in [9.17, 15) is 9.18 Å². The molecule has 0 bridgehead atoms. The molecule has 1 aromatic carbocycles. The summed E-state index contributed by atoms with van der Waals surface area (Å²) in [6.45, 7) is 3.41. The average Bonchev–Trinajstić information content (AvgIpc) is 2.37. The van der Waals surface area contributed by atoms with Crippen LogP contribution in [0.4, 0.5) is 4.39 Å². The summed E-state index contributed by atoms with van der Waals surface area (Å²) in [7, 11) is 0. The summed E-state index contributed by atoms with van der Waals surface area (Å²) in [6.07, 6.45) is 1.98. The standard InChI is InChI=1S/C13H16BrClFNO/c1-2-3-7-17(8-6-14)13(18)10-4-5-12(16)11(15)9-10/h4-5,9H,2-3,6-8H2,1H3. The molecule has 1 aromatic rings. The first-order valence-corrected chi connectivity index (χ1v) is 7.40. The van der Waals surface area contributed by atoms with Gasteiger partial charge in [-0.1, -0.05) is 40.9 Å². The molecular formula is C13H16BrClFNO. The Labute approximate surface area is 120 Å². The molecule has 0 aliphatic rings. The molecule has 0 atom stereocenters. The number of amides is 1. The highest BCUT2D eigenvalue weighted by atomic mass is 79.9. The van der Waals surface area contributed by atoms with Crippen LogP contribution in [0, 0.1) is 5.82 Å². The van der Waals surface area contributed by atoms with E-state index in [-0.39, 0.29) is 10.9 Å². The maximum absolute atomic E-state index is 13.0. The molecule has 0 radical (unpaired) electrons. The Balaban J connectivity index is 2.83. The van der Waals surface area contributed by atoms with Crippen LogP contribution in [-0.2, 0) is 0 Å². The Morgan fingerprint density at radius 2 is 2.17 bits per heavy atom. The van der Waals surface area contributed by atoms with E-state index in [2.05, 4.69) is 22.9 Å². The van der Waals surface area contributed by atoms with E-state index in [0.717, 1.165) is 18.2 Å². The Bertz CT molecular complexity index is 414. The normalized spacial score (nSPS) is 10.4. The lowest BCUT2D eigenvalue weighted by Crippen LogP contribution is -2.33. The molecule has 0 spiro atoms. The number of hydrogen-bond acceptors (Lipinski definition) is 1. The lowest BCUT2D eigenvalue weighted by molar-refractivity contribution is 0.0764. The van der Waals surface area contributed by atoms with Crippen molar-refractivity contribution < 1.29 is 9.18 Å². The molecule has 0 saturated carbocycles. The highest BCUT2D eigenvalue weighted by Gasteiger charge is 2.15. The second-order valence-electron chi connectivity index (χ2n) is 3.96. The minimum atomic E-state index is -0.506. The van der Waals surface area contributed by atoms with Crippen LogP contribution in [0.25, 0.3) is 0 Å². The smallest absolute Gasteiger partial charge is 0.253 e. The Morgan fingerprint density at radius 1 is 1.44 bits per heavy atom. The molecule has 5 heteroatoms. The summed E-state index contributed by atoms with van der Waals surface area (Å²) >= 11 is 9.02. The number of alkyl halides is 1. The van der Waals surface area contributed by atoms with Gasteiger partial charge in [-0.2, -0.15) is 0 Å². The molecule has 0 saturated heterocycles. The van der Waals surface area contributed by atoms with E-state index in [0.29, 0.717) is 18.7 Å². The summed E-state index contributed by atoms with van der Waals surface area (Å²) in [6, 6.07) is 4.07. The fourth-order valence-corrected chi connectivity index (χ4v) is 2.19. The predicted molar refractivity (Wildman–Crippen MR) is 76.0 cm³/mol. The molecule has 18 heavy (non-hydrogen) atoms. The van der Waals surface area contributed by atoms with Gasteiger partial charge in [0.15, 0.2) is 0 Å². The number of hydrogen-bond donors (Lipinski definition) is 0. The Morgan fingerprint density at radius 3 is 2.72 bits per heavy atom. The van der Waals surface area contributed by atoms with Crippen molar-refractivity contribution in [3.05, 3.63) is 34.6 Å². The molecule has 1 amide bonds. The molecule has 0 fully saturated rings. The van der Waals surface area contributed by atoms with Crippen molar-refractivity contribution in [1.82, 2.24) is 4.90 Å². The van der Waals surface area contributed by atoms with Crippen LogP contribution >= 0.6 is 27.5 Å². The van der Waals surface area contributed by atoms with E-state index >= 15 is 0 Å². The van der Waals surface area contributed by atoms with Gasteiger partial charge in [-0.05, 0) is 24.6 Å².